The van der Waals surface area contributed by atoms with Crippen molar-refractivity contribution in [1.29, 1.82) is 0 Å². The van der Waals surface area contributed by atoms with Crippen LogP contribution in [-0.2, 0) is 4.84 Å². The first-order valence-corrected chi connectivity index (χ1v) is 10.7. The van der Waals surface area contributed by atoms with E-state index in [-0.39, 0.29) is 11.9 Å². The molecule has 7 heteroatoms. The van der Waals surface area contributed by atoms with E-state index < -0.39 is 0 Å². The Morgan fingerprint density at radius 1 is 1.19 bits per heavy atom. The molecular formula is C25H25FN4O2. The molecule has 5 rings (SSSR count). The highest BCUT2D eigenvalue weighted by molar-refractivity contribution is 6.03. The zero-order chi connectivity index (χ0) is 22.1. The minimum atomic E-state index is -0.234. The number of aryl methyl sites for hydroxylation is 1. The van der Waals surface area contributed by atoms with Gasteiger partial charge in [-0.1, -0.05) is 23.4 Å². The Morgan fingerprint density at radius 2 is 2.03 bits per heavy atom. The van der Waals surface area contributed by atoms with Crippen LogP contribution in [0.3, 0.4) is 0 Å². The van der Waals surface area contributed by atoms with Gasteiger partial charge in [0.05, 0.1) is 30.9 Å². The van der Waals surface area contributed by atoms with E-state index in [0.29, 0.717) is 6.61 Å². The summed E-state index contributed by atoms with van der Waals surface area (Å²) in [5.74, 6) is 1.39. The van der Waals surface area contributed by atoms with Crippen molar-refractivity contribution in [2.45, 2.75) is 25.8 Å². The van der Waals surface area contributed by atoms with Crippen molar-refractivity contribution < 1.29 is 14.0 Å². The SMILES string of the molecule is COc1cc(/C=C2\CCCN3C2=NOC[C@H]3c2ccc(F)cc2)ccc1-n1cnc(C)c1. The van der Waals surface area contributed by atoms with Crippen LogP contribution < -0.4 is 4.74 Å². The molecule has 0 unspecified atom stereocenters. The van der Waals surface area contributed by atoms with E-state index in [4.69, 9.17) is 9.57 Å². The van der Waals surface area contributed by atoms with E-state index in [1.807, 2.05) is 42.0 Å². The van der Waals surface area contributed by atoms with Gasteiger partial charge >= 0.3 is 0 Å². The van der Waals surface area contributed by atoms with Crippen LogP contribution >= 0.6 is 0 Å². The Morgan fingerprint density at radius 3 is 2.78 bits per heavy atom. The number of hydrogen-bond acceptors (Lipinski definition) is 5. The summed E-state index contributed by atoms with van der Waals surface area (Å²) in [5.41, 5.74) is 5.07. The maximum Gasteiger partial charge on any atom is 0.172 e. The van der Waals surface area contributed by atoms with Crippen LogP contribution in [0.1, 0.15) is 35.7 Å². The van der Waals surface area contributed by atoms with Crippen molar-refractivity contribution in [3.63, 3.8) is 0 Å². The Bertz CT molecular complexity index is 1180. The van der Waals surface area contributed by atoms with Gasteiger partial charge in [0.2, 0.25) is 0 Å². The molecule has 1 atom stereocenters. The molecule has 6 nitrogen and oxygen atoms in total. The average molecular weight is 432 g/mol. The summed E-state index contributed by atoms with van der Waals surface area (Å²) in [6.45, 7) is 3.31. The van der Waals surface area contributed by atoms with Crippen molar-refractivity contribution in [2.24, 2.45) is 5.16 Å². The third-order valence-corrected chi connectivity index (χ3v) is 5.95. The fraction of sp³-hybridized carbons (Fsp3) is 0.280. The number of imidazole rings is 1. The quantitative estimate of drug-likeness (QED) is 0.589. The van der Waals surface area contributed by atoms with Crippen molar-refractivity contribution in [1.82, 2.24) is 14.5 Å². The first-order valence-electron chi connectivity index (χ1n) is 10.7. The summed E-state index contributed by atoms with van der Waals surface area (Å²) in [6, 6.07) is 12.8. The van der Waals surface area contributed by atoms with Crippen molar-refractivity contribution >= 4 is 11.9 Å². The Labute approximate surface area is 186 Å². The molecule has 0 amide bonds. The van der Waals surface area contributed by atoms with Gasteiger partial charge in [-0.25, -0.2) is 9.37 Å². The minimum absolute atomic E-state index is 0.0215. The fourth-order valence-corrected chi connectivity index (χ4v) is 4.36. The molecule has 0 radical (unpaired) electrons. The van der Waals surface area contributed by atoms with Gasteiger partial charge in [0.1, 0.15) is 18.2 Å². The Kier molecular flexibility index (Phi) is 5.39. The number of benzene rings is 2. The summed E-state index contributed by atoms with van der Waals surface area (Å²) in [6.07, 6.45) is 7.84. The monoisotopic (exact) mass is 432 g/mol. The van der Waals surface area contributed by atoms with Crippen LogP contribution in [0.2, 0.25) is 0 Å². The molecule has 1 aromatic heterocycles. The highest BCUT2D eigenvalue weighted by Gasteiger charge is 2.33. The lowest BCUT2D eigenvalue weighted by molar-refractivity contribution is 0.0575. The Hall–Kier alpha value is -3.61. The lowest BCUT2D eigenvalue weighted by Gasteiger charge is -2.40. The zero-order valence-electron chi connectivity index (χ0n) is 18.2. The maximum absolute atomic E-state index is 13.4. The van der Waals surface area contributed by atoms with Crippen LogP contribution in [-0.4, -0.2) is 40.5 Å². The first-order chi connectivity index (χ1) is 15.6. The largest absolute Gasteiger partial charge is 0.495 e. The number of hydrogen-bond donors (Lipinski definition) is 0. The van der Waals surface area contributed by atoms with Crippen LogP contribution in [0.4, 0.5) is 4.39 Å². The standard InChI is InChI=1S/C25H25FN4O2/c1-17-14-29(16-27-17)22-10-5-18(13-24(22)31-2)12-20-4-3-11-30-23(15-32-28-25(20)30)19-6-8-21(26)9-7-19/h5-10,12-14,16,23H,3-4,11,15H2,1-2H3/b20-12+/t23-/m0/s1. The molecule has 2 aromatic carbocycles. The van der Waals surface area contributed by atoms with Gasteiger partial charge < -0.3 is 19.0 Å². The van der Waals surface area contributed by atoms with Gasteiger partial charge in [-0.2, -0.15) is 0 Å². The molecule has 3 heterocycles. The van der Waals surface area contributed by atoms with E-state index >= 15 is 0 Å². The summed E-state index contributed by atoms with van der Waals surface area (Å²) in [5, 5.41) is 4.39. The predicted molar refractivity (Wildman–Crippen MR) is 121 cm³/mol. The lowest BCUT2D eigenvalue weighted by Crippen LogP contribution is -2.44. The van der Waals surface area contributed by atoms with Crippen molar-refractivity contribution in [3.05, 3.63) is 83.2 Å². The molecule has 0 N–H and O–H groups in total. The van der Waals surface area contributed by atoms with Crippen LogP contribution in [0.15, 0.2) is 65.7 Å². The number of methoxy groups -OCH3 is 1. The number of aromatic nitrogens is 2. The van der Waals surface area contributed by atoms with Crippen LogP contribution in [0.25, 0.3) is 11.8 Å². The summed E-state index contributed by atoms with van der Waals surface area (Å²) >= 11 is 0. The number of rotatable bonds is 4. The molecule has 2 aliphatic rings. The molecule has 164 valence electrons. The van der Waals surface area contributed by atoms with Gasteiger partial charge in [-0.05, 0) is 66.8 Å². The van der Waals surface area contributed by atoms with Gasteiger partial charge in [-0.3, -0.25) is 0 Å². The second-order valence-electron chi connectivity index (χ2n) is 8.10. The number of nitrogens with zero attached hydrogens (tertiary/aromatic N) is 4. The molecule has 2 aliphatic heterocycles. The van der Waals surface area contributed by atoms with Crippen molar-refractivity contribution in [2.75, 3.05) is 20.3 Å². The fourth-order valence-electron chi connectivity index (χ4n) is 4.36. The summed E-state index contributed by atoms with van der Waals surface area (Å²) in [4.78, 5) is 12.2. The highest BCUT2D eigenvalue weighted by atomic mass is 19.1. The lowest BCUT2D eigenvalue weighted by atomic mass is 9.96. The van der Waals surface area contributed by atoms with E-state index in [9.17, 15) is 4.39 Å². The minimum Gasteiger partial charge on any atom is -0.495 e. The topological polar surface area (TPSA) is 51.9 Å². The van der Waals surface area contributed by atoms with Crippen LogP contribution in [0.5, 0.6) is 5.75 Å². The van der Waals surface area contributed by atoms with E-state index in [1.165, 1.54) is 12.1 Å². The smallest absolute Gasteiger partial charge is 0.172 e. The molecule has 0 spiro atoms. The second-order valence-corrected chi connectivity index (χ2v) is 8.10. The molecule has 1 fully saturated rings. The molecule has 1 saturated heterocycles. The Balaban J connectivity index is 1.45. The second kappa shape index (κ2) is 8.49. The number of halogens is 1. The maximum atomic E-state index is 13.4. The molecule has 32 heavy (non-hydrogen) atoms. The normalized spacial score (nSPS) is 19.3. The van der Waals surface area contributed by atoms with Crippen molar-refractivity contribution in [3.8, 4) is 11.4 Å². The number of oxime groups is 1. The third kappa shape index (κ3) is 3.86. The third-order valence-electron chi connectivity index (χ3n) is 5.95. The summed E-state index contributed by atoms with van der Waals surface area (Å²) in [7, 11) is 1.67. The van der Waals surface area contributed by atoms with E-state index in [1.54, 1.807) is 13.4 Å². The van der Waals surface area contributed by atoms with Gasteiger partial charge in [0.15, 0.2) is 5.84 Å². The zero-order valence-corrected chi connectivity index (χ0v) is 18.2. The number of piperidine rings is 1. The molecule has 0 aliphatic carbocycles. The molecule has 0 saturated carbocycles. The number of ether oxygens (including phenoxy) is 1. The van der Waals surface area contributed by atoms with E-state index in [2.05, 4.69) is 27.2 Å². The number of fused-ring (bicyclic) bond motifs is 1. The number of amidine groups is 1. The molecule has 0 bridgehead atoms. The first kappa shape index (κ1) is 20.3. The van der Waals surface area contributed by atoms with Gasteiger partial charge in [-0.15, -0.1) is 0 Å². The highest BCUT2D eigenvalue weighted by Crippen LogP contribution is 2.33. The van der Waals surface area contributed by atoms with Gasteiger partial charge in [0, 0.05) is 12.7 Å². The predicted octanol–water partition coefficient (Wildman–Crippen LogP) is 4.89. The van der Waals surface area contributed by atoms with E-state index in [0.717, 1.165) is 59.1 Å². The van der Waals surface area contributed by atoms with Crippen LogP contribution in [0, 0.1) is 12.7 Å². The molecular weight excluding hydrogens is 407 g/mol. The van der Waals surface area contributed by atoms with Gasteiger partial charge in [0.25, 0.3) is 0 Å². The summed E-state index contributed by atoms with van der Waals surface area (Å²) < 4.78 is 21.0. The molecule has 3 aromatic rings. The average Bonchev–Trinajstić information content (AvgIpc) is 3.25.